The first-order valence-electron chi connectivity index (χ1n) is 6.14. The molecule has 1 aliphatic rings. The Balaban J connectivity index is 1.85. The lowest BCUT2D eigenvalue weighted by Crippen LogP contribution is -2.09. The average Bonchev–Trinajstić information content (AvgIpc) is 2.75. The normalized spacial score (nSPS) is 15.1. The van der Waals surface area contributed by atoms with Crippen LogP contribution in [0.4, 0.5) is 0 Å². The van der Waals surface area contributed by atoms with Crippen LogP contribution in [0, 0.1) is 5.92 Å². The monoisotopic (exact) mass is 234 g/mol. The van der Waals surface area contributed by atoms with Crippen LogP contribution in [-0.2, 0) is 17.6 Å². The van der Waals surface area contributed by atoms with E-state index in [4.69, 9.17) is 9.84 Å². The largest absolute Gasteiger partial charge is 0.493 e. The molecule has 3 heteroatoms. The van der Waals surface area contributed by atoms with E-state index in [1.54, 1.807) is 6.92 Å². The third-order valence-corrected chi connectivity index (χ3v) is 3.28. The number of carbonyl (C=O) groups is 1. The highest BCUT2D eigenvalue weighted by atomic mass is 16.5. The van der Waals surface area contributed by atoms with Crippen LogP contribution in [0.5, 0.6) is 5.75 Å². The minimum absolute atomic E-state index is 0.243. The molecule has 17 heavy (non-hydrogen) atoms. The third kappa shape index (κ3) is 2.99. The second kappa shape index (κ2) is 5.21. The minimum Gasteiger partial charge on any atom is -0.493 e. The van der Waals surface area contributed by atoms with E-state index in [0.29, 0.717) is 0 Å². The van der Waals surface area contributed by atoms with E-state index >= 15 is 0 Å². The van der Waals surface area contributed by atoms with Crippen LogP contribution >= 0.6 is 0 Å². The van der Waals surface area contributed by atoms with Gasteiger partial charge in [-0.3, -0.25) is 4.79 Å². The standard InChI is InChI=1S/C14H18O3/c1-10(14(15)16)3-2-4-11-5-6-13-12(9-11)7-8-17-13/h5-6,9-10H,2-4,7-8H2,1H3,(H,15,16). The molecule has 1 aliphatic heterocycles. The highest BCUT2D eigenvalue weighted by molar-refractivity contribution is 5.69. The number of aryl methyl sites for hydroxylation is 1. The lowest BCUT2D eigenvalue weighted by Gasteiger charge is -2.07. The molecule has 3 nitrogen and oxygen atoms in total. The predicted molar refractivity (Wildman–Crippen MR) is 65.4 cm³/mol. The van der Waals surface area contributed by atoms with Gasteiger partial charge in [0.1, 0.15) is 5.75 Å². The van der Waals surface area contributed by atoms with Crippen molar-refractivity contribution in [2.75, 3.05) is 6.61 Å². The van der Waals surface area contributed by atoms with E-state index in [0.717, 1.165) is 38.0 Å². The van der Waals surface area contributed by atoms with Crippen molar-refractivity contribution in [2.24, 2.45) is 5.92 Å². The van der Waals surface area contributed by atoms with Crippen molar-refractivity contribution in [3.8, 4) is 5.75 Å². The fourth-order valence-electron chi connectivity index (χ4n) is 2.13. The Kier molecular flexibility index (Phi) is 3.67. The summed E-state index contributed by atoms with van der Waals surface area (Å²) in [6.07, 6.45) is 3.61. The molecule has 92 valence electrons. The number of carboxylic acid groups (broad SMARTS) is 1. The van der Waals surface area contributed by atoms with Crippen molar-refractivity contribution in [2.45, 2.75) is 32.6 Å². The lowest BCUT2D eigenvalue weighted by atomic mass is 9.99. The molecule has 0 saturated heterocycles. The van der Waals surface area contributed by atoms with E-state index in [-0.39, 0.29) is 5.92 Å². The highest BCUT2D eigenvalue weighted by Gasteiger charge is 2.13. The van der Waals surface area contributed by atoms with Crippen LogP contribution in [0.1, 0.15) is 30.9 Å². The molecule has 1 aromatic carbocycles. The van der Waals surface area contributed by atoms with Gasteiger partial charge in [0.15, 0.2) is 0 Å². The fourth-order valence-corrected chi connectivity index (χ4v) is 2.13. The molecule has 1 N–H and O–H groups in total. The first kappa shape index (κ1) is 12.0. The van der Waals surface area contributed by atoms with E-state index in [9.17, 15) is 4.79 Å². The van der Waals surface area contributed by atoms with Gasteiger partial charge in [0, 0.05) is 6.42 Å². The number of hydrogen-bond donors (Lipinski definition) is 1. The smallest absolute Gasteiger partial charge is 0.306 e. The summed E-state index contributed by atoms with van der Waals surface area (Å²) in [5.74, 6) is 0.0627. The van der Waals surface area contributed by atoms with Gasteiger partial charge in [-0.1, -0.05) is 19.1 Å². The van der Waals surface area contributed by atoms with E-state index in [2.05, 4.69) is 12.1 Å². The molecule has 2 rings (SSSR count). The highest BCUT2D eigenvalue weighted by Crippen LogP contribution is 2.26. The average molecular weight is 234 g/mol. The second-order valence-corrected chi connectivity index (χ2v) is 4.67. The molecule has 0 spiro atoms. The van der Waals surface area contributed by atoms with Crippen molar-refractivity contribution in [1.82, 2.24) is 0 Å². The van der Waals surface area contributed by atoms with Crippen molar-refractivity contribution in [1.29, 1.82) is 0 Å². The molecule has 0 saturated carbocycles. The Morgan fingerprint density at radius 3 is 3.12 bits per heavy atom. The zero-order valence-electron chi connectivity index (χ0n) is 10.1. The number of benzene rings is 1. The van der Waals surface area contributed by atoms with Crippen LogP contribution in [0.2, 0.25) is 0 Å². The molecule has 0 aromatic heterocycles. The molecule has 0 aliphatic carbocycles. The van der Waals surface area contributed by atoms with E-state index < -0.39 is 5.97 Å². The first-order valence-corrected chi connectivity index (χ1v) is 6.14. The third-order valence-electron chi connectivity index (χ3n) is 3.28. The summed E-state index contributed by atoms with van der Waals surface area (Å²) < 4.78 is 5.45. The van der Waals surface area contributed by atoms with Gasteiger partial charge in [-0.15, -0.1) is 0 Å². The van der Waals surface area contributed by atoms with Crippen LogP contribution in [-0.4, -0.2) is 17.7 Å². The molecular weight excluding hydrogens is 216 g/mol. The molecule has 1 aromatic rings. The molecular formula is C14H18O3. The number of ether oxygens (including phenoxy) is 1. The van der Waals surface area contributed by atoms with Crippen molar-refractivity contribution in [3.05, 3.63) is 29.3 Å². The molecule has 0 radical (unpaired) electrons. The fraction of sp³-hybridized carbons (Fsp3) is 0.500. The quantitative estimate of drug-likeness (QED) is 0.852. The van der Waals surface area contributed by atoms with Gasteiger partial charge in [-0.2, -0.15) is 0 Å². The number of hydrogen-bond acceptors (Lipinski definition) is 2. The molecule has 1 atom stereocenters. The number of aliphatic carboxylic acids is 1. The lowest BCUT2D eigenvalue weighted by molar-refractivity contribution is -0.141. The van der Waals surface area contributed by atoms with Crippen LogP contribution in [0.3, 0.4) is 0 Å². The summed E-state index contributed by atoms with van der Waals surface area (Å²) >= 11 is 0. The van der Waals surface area contributed by atoms with Crippen LogP contribution < -0.4 is 4.74 Å². The van der Waals surface area contributed by atoms with Gasteiger partial charge < -0.3 is 9.84 Å². The maximum Gasteiger partial charge on any atom is 0.306 e. The van der Waals surface area contributed by atoms with Gasteiger partial charge in [-0.05, 0) is 36.5 Å². The van der Waals surface area contributed by atoms with Crippen molar-refractivity contribution >= 4 is 5.97 Å². The predicted octanol–water partition coefficient (Wildman–Crippen LogP) is 2.66. The minimum atomic E-state index is -0.702. The summed E-state index contributed by atoms with van der Waals surface area (Å²) in [6.45, 7) is 2.55. The number of carboxylic acids is 1. The van der Waals surface area contributed by atoms with Gasteiger partial charge in [-0.25, -0.2) is 0 Å². The Bertz CT molecular complexity index is 412. The van der Waals surface area contributed by atoms with Crippen LogP contribution in [0.25, 0.3) is 0 Å². The van der Waals surface area contributed by atoms with Crippen LogP contribution in [0.15, 0.2) is 18.2 Å². The van der Waals surface area contributed by atoms with Crippen molar-refractivity contribution in [3.63, 3.8) is 0 Å². The molecule has 0 bridgehead atoms. The van der Waals surface area contributed by atoms with E-state index in [1.807, 2.05) is 6.07 Å². The summed E-state index contributed by atoms with van der Waals surface area (Å²) in [6, 6.07) is 6.29. The Hall–Kier alpha value is -1.51. The van der Waals surface area contributed by atoms with Gasteiger partial charge >= 0.3 is 5.97 Å². The Morgan fingerprint density at radius 2 is 2.35 bits per heavy atom. The second-order valence-electron chi connectivity index (χ2n) is 4.67. The maximum atomic E-state index is 10.7. The maximum absolute atomic E-state index is 10.7. The Morgan fingerprint density at radius 1 is 1.53 bits per heavy atom. The van der Waals surface area contributed by atoms with Gasteiger partial charge in [0.25, 0.3) is 0 Å². The summed E-state index contributed by atoms with van der Waals surface area (Å²) in [7, 11) is 0. The zero-order valence-corrected chi connectivity index (χ0v) is 10.1. The topological polar surface area (TPSA) is 46.5 Å². The molecule has 1 heterocycles. The van der Waals surface area contributed by atoms with Gasteiger partial charge in [0.05, 0.1) is 12.5 Å². The number of fused-ring (bicyclic) bond motifs is 1. The van der Waals surface area contributed by atoms with Crippen molar-refractivity contribution < 1.29 is 14.6 Å². The molecule has 0 amide bonds. The summed E-state index contributed by atoms with van der Waals surface area (Å²) in [5.41, 5.74) is 2.57. The molecule has 0 fully saturated rings. The summed E-state index contributed by atoms with van der Waals surface area (Å²) in [5, 5.41) is 8.79. The summed E-state index contributed by atoms with van der Waals surface area (Å²) in [4.78, 5) is 10.7. The van der Waals surface area contributed by atoms with E-state index in [1.165, 1.54) is 11.1 Å². The Labute approximate surface area is 101 Å². The molecule has 1 unspecified atom stereocenters. The zero-order chi connectivity index (χ0) is 12.3. The first-order chi connectivity index (χ1) is 8.16. The van der Waals surface area contributed by atoms with Gasteiger partial charge in [0.2, 0.25) is 0 Å². The number of rotatable bonds is 5. The SMILES string of the molecule is CC(CCCc1ccc2c(c1)CCO2)C(=O)O.